The number of amides is 2. The maximum Gasteiger partial charge on any atom is 0.255 e. The van der Waals surface area contributed by atoms with Gasteiger partial charge < -0.3 is 15.4 Å². The Bertz CT molecular complexity index is 763. The van der Waals surface area contributed by atoms with Crippen LogP contribution in [-0.2, 0) is 4.79 Å². The van der Waals surface area contributed by atoms with Gasteiger partial charge in [0.05, 0.1) is 17.2 Å². The summed E-state index contributed by atoms with van der Waals surface area (Å²) in [5, 5.41) is 5.95. The largest absolute Gasteiger partial charge is 0.493 e. The number of aromatic nitrogens is 1. The van der Waals surface area contributed by atoms with E-state index in [4.69, 9.17) is 16.3 Å². The lowest BCUT2D eigenvalue weighted by Crippen LogP contribution is -2.47. The molecule has 0 aliphatic heterocycles. The van der Waals surface area contributed by atoms with Crippen LogP contribution >= 0.6 is 11.6 Å². The van der Waals surface area contributed by atoms with Gasteiger partial charge in [0.25, 0.3) is 5.91 Å². The molecule has 1 aromatic heterocycles. The van der Waals surface area contributed by atoms with Gasteiger partial charge in [-0.3, -0.25) is 9.59 Å². The van der Waals surface area contributed by atoms with Crippen LogP contribution in [0.5, 0.6) is 5.75 Å². The van der Waals surface area contributed by atoms with Crippen LogP contribution in [-0.4, -0.2) is 29.4 Å². The number of pyridine rings is 1. The van der Waals surface area contributed by atoms with Crippen LogP contribution in [0.1, 0.15) is 31.1 Å². The molecule has 1 aromatic carbocycles. The summed E-state index contributed by atoms with van der Waals surface area (Å²) >= 11 is 5.79. The van der Waals surface area contributed by atoms with E-state index in [0.29, 0.717) is 28.8 Å². The second-order valence-corrected chi connectivity index (χ2v) is 6.41. The van der Waals surface area contributed by atoms with Crippen molar-refractivity contribution in [3.05, 3.63) is 53.2 Å². The molecular weight excluding hydrogens is 354 g/mol. The van der Waals surface area contributed by atoms with Gasteiger partial charge in [0.1, 0.15) is 17.6 Å². The van der Waals surface area contributed by atoms with E-state index < -0.39 is 6.04 Å². The van der Waals surface area contributed by atoms with Gasteiger partial charge >= 0.3 is 0 Å². The summed E-state index contributed by atoms with van der Waals surface area (Å²) in [5.41, 5.74) is 0.386. The Morgan fingerprint density at radius 2 is 1.92 bits per heavy atom. The molecule has 6 nitrogen and oxygen atoms in total. The Morgan fingerprint density at radius 1 is 1.19 bits per heavy atom. The number of carbonyl (C=O) groups excluding carboxylic acids is 2. The van der Waals surface area contributed by atoms with Gasteiger partial charge in [0.2, 0.25) is 5.91 Å². The third-order valence-corrected chi connectivity index (χ3v) is 3.87. The first-order valence-electron chi connectivity index (χ1n) is 8.37. The van der Waals surface area contributed by atoms with Crippen molar-refractivity contribution in [3.63, 3.8) is 0 Å². The van der Waals surface area contributed by atoms with Crippen LogP contribution in [0.4, 0.5) is 5.82 Å². The van der Waals surface area contributed by atoms with Crippen molar-refractivity contribution in [1.29, 1.82) is 0 Å². The highest BCUT2D eigenvalue weighted by molar-refractivity contribution is 6.30. The third-order valence-electron chi connectivity index (χ3n) is 3.65. The summed E-state index contributed by atoms with van der Waals surface area (Å²) in [7, 11) is 0. The predicted molar refractivity (Wildman–Crippen MR) is 102 cm³/mol. The number of halogens is 1. The summed E-state index contributed by atoms with van der Waals surface area (Å²) in [4.78, 5) is 29.3. The fourth-order valence-corrected chi connectivity index (χ4v) is 2.46. The lowest BCUT2D eigenvalue weighted by atomic mass is 10.0. The molecule has 26 heavy (non-hydrogen) atoms. The van der Waals surface area contributed by atoms with Gasteiger partial charge in [-0.05, 0) is 37.1 Å². The highest BCUT2D eigenvalue weighted by atomic mass is 35.5. The zero-order valence-corrected chi connectivity index (χ0v) is 15.7. The fraction of sp³-hybridized carbons (Fsp3) is 0.316. The van der Waals surface area contributed by atoms with E-state index in [1.165, 1.54) is 6.20 Å². The van der Waals surface area contributed by atoms with Crippen molar-refractivity contribution in [2.45, 2.75) is 26.8 Å². The van der Waals surface area contributed by atoms with Crippen molar-refractivity contribution in [2.24, 2.45) is 5.92 Å². The maximum atomic E-state index is 12.7. The normalized spacial score (nSPS) is 11.7. The summed E-state index contributed by atoms with van der Waals surface area (Å²) in [6.45, 7) is 6.00. The molecule has 2 N–H and O–H groups in total. The summed E-state index contributed by atoms with van der Waals surface area (Å²) in [6.07, 6.45) is 1.44. The molecule has 0 saturated heterocycles. The molecule has 0 saturated carbocycles. The highest BCUT2D eigenvalue weighted by Gasteiger charge is 2.26. The first-order chi connectivity index (χ1) is 12.4. The molecule has 0 aliphatic carbocycles. The lowest BCUT2D eigenvalue weighted by Gasteiger charge is -2.22. The number of carbonyl (C=O) groups is 2. The fourth-order valence-electron chi connectivity index (χ4n) is 2.34. The van der Waals surface area contributed by atoms with Crippen molar-refractivity contribution >= 4 is 29.2 Å². The summed E-state index contributed by atoms with van der Waals surface area (Å²) < 4.78 is 5.48. The Kier molecular flexibility index (Phi) is 6.97. The number of anilines is 1. The van der Waals surface area contributed by atoms with Crippen molar-refractivity contribution in [2.75, 3.05) is 11.9 Å². The molecule has 0 fully saturated rings. The van der Waals surface area contributed by atoms with E-state index in [2.05, 4.69) is 15.6 Å². The molecule has 1 unspecified atom stereocenters. The quantitative estimate of drug-likeness (QED) is 0.775. The standard InChI is InChI=1S/C19H22ClN3O3/c1-4-26-15-8-6-5-7-14(15)18(24)23-17(12(2)3)19(25)22-16-10-9-13(20)11-21-16/h5-12,17H,4H2,1-3H3,(H,23,24)(H,21,22,25). The molecule has 2 amide bonds. The van der Waals surface area contributed by atoms with E-state index in [-0.39, 0.29) is 17.7 Å². The van der Waals surface area contributed by atoms with E-state index >= 15 is 0 Å². The minimum Gasteiger partial charge on any atom is -0.493 e. The van der Waals surface area contributed by atoms with Crippen molar-refractivity contribution in [1.82, 2.24) is 10.3 Å². The Morgan fingerprint density at radius 3 is 2.54 bits per heavy atom. The molecule has 0 bridgehead atoms. The van der Waals surface area contributed by atoms with Crippen LogP contribution in [0.15, 0.2) is 42.6 Å². The Balaban J connectivity index is 2.13. The zero-order chi connectivity index (χ0) is 19.1. The molecule has 138 valence electrons. The van der Waals surface area contributed by atoms with Crippen LogP contribution in [0.3, 0.4) is 0 Å². The first kappa shape index (κ1) is 19.7. The van der Waals surface area contributed by atoms with E-state index in [1.54, 1.807) is 36.4 Å². The smallest absolute Gasteiger partial charge is 0.255 e. The van der Waals surface area contributed by atoms with Gasteiger partial charge in [-0.1, -0.05) is 37.6 Å². The number of ether oxygens (including phenoxy) is 1. The maximum absolute atomic E-state index is 12.7. The number of hydrogen-bond donors (Lipinski definition) is 2. The van der Waals surface area contributed by atoms with Crippen LogP contribution in [0.25, 0.3) is 0 Å². The van der Waals surface area contributed by atoms with Crippen molar-refractivity contribution < 1.29 is 14.3 Å². The molecule has 2 aromatic rings. The summed E-state index contributed by atoms with van der Waals surface area (Å²) in [5.74, 6) is 0.0123. The number of benzene rings is 1. The second kappa shape index (κ2) is 9.20. The number of rotatable bonds is 7. The van der Waals surface area contributed by atoms with Gasteiger partial charge in [0.15, 0.2) is 0 Å². The number of nitrogens with one attached hydrogen (secondary N) is 2. The molecule has 0 spiro atoms. The third kappa shape index (κ3) is 5.20. The molecule has 0 radical (unpaired) electrons. The van der Waals surface area contributed by atoms with E-state index in [9.17, 15) is 9.59 Å². The average molecular weight is 376 g/mol. The molecule has 7 heteroatoms. The van der Waals surface area contributed by atoms with Gasteiger partial charge in [0, 0.05) is 6.20 Å². The SMILES string of the molecule is CCOc1ccccc1C(=O)NC(C(=O)Nc1ccc(Cl)cn1)C(C)C. The topological polar surface area (TPSA) is 80.3 Å². The first-order valence-corrected chi connectivity index (χ1v) is 8.75. The number of nitrogens with zero attached hydrogens (tertiary/aromatic N) is 1. The molecule has 0 aliphatic rings. The second-order valence-electron chi connectivity index (χ2n) is 5.98. The van der Waals surface area contributed by atoms with E-state index in [1.807, 2.05) is 20.8 Å². The molecule has 1 heterocycles. The predicted octanol–water partition coefficient (Wildman–Crippen LogP) is 3.53. The van der Waals surface area contributed by atoms with Crippen LogP contribution in [0.2, 0.25) is 5.02 Å². The highest BCUT2D eigenvalue weighted by Crippen LogP contribution is 2.19. The van der Waals surface area contributed by atoms with Crippen molar-refractivity contribution in [3.8, 4) is 5.75 Å². The van der Waals surface area contributed by atoms with Gasteiger partial charge in [-0.25, -0.2) is 4.98 Å². The molecule has 2 rings (SSSR count). The van der Waals surface area contributed by atoms with Gasteiger partial charge in [-0.15, -0.1) is 0 Å². The Hall–Kier alpha value is -2.60. The van der Waals surface area contributed by atoms with Crippen LogP contribution < -0.4 is 15.4 Å². The monoisotopic (exact) mass is 375 g/mol. The average Bonchev–Trinajstić information content (AvgIpc) is 2.61. The summed E-state index contributed by atoms with van der Waals surface area (Å²) in [6, 6.07) is 9.43. The minimum atomic E-state index is -0.727. The minimum absolute atomic E-state index is 0.120. The Labute approximate surface area is 157 Å². The number of para-hydroxylation sites is 1. The zero-order valence-electron chi connectivity index (χ0n) is 15.0. The lowest BCUT2D eigenvalue weighted by molar-refractivity contribution is -0.118. The molecule has 1 atom stereocenters. The van der Waals surface area contributed by atoms with E-state index in [0.717, 1.165) is 0 Å². The number of hydrogen-bond acceptors (Lipinski definition) is 4. The van der Waals surface area contributed by atoms with Crippen LogP contribution in [0, 0.1) is 5.92 Å². The van der Waals surface area contributed by atoms with Gasteiger partial charge in [-0.2, -0.15) is 0 Å². The molecular formula is C19H22ClN3O3.